The summed E-state index contributed by atoms with van der Waals surface area (Å²) in [6, 6.07) is 0.969. The highest BCUT2D eigenvalue weighted by Gasteiger charge is 2.41. The van der Waals surface area contributed by atoms with E-state index in [0.717, 1.165) is 51.5 Å². The highest BCUT2D eigenvalue weighted by Crippen LogP contribution is 2.22. The van der Waals surface area contributed by atoms with Gasteiger partial charge >= 0.3 is 8.80 Å². The monoisotopic (exact) mass is 622 g/mol. The third-order valence-electron chi connectivity index (χ3n) is 8.36. The quantitative estimate of drug-likeness (QED) is 0.0421. The predicted molar refractivity (Wildman–Crippen MR) is 179 cm³/mol. The maximum atomic E-state index is 6.41. The van der Waals surface area contributed by atoms with Crippen molar-refractivity contribution in [2.24, 2.45) is 0 Å². The zero-order chi connectivity index (χ0) is 29.6. The Balaban J connectivity index is 0. The highest BCUT2D eigenvalue weighted by molar-refractivity contribution is 6.60. The minimum Gasteiger partial charge on any atom is -1.00 e. The summed E-state index contributed by atoms with van der Waals surface area (Å²) in [5.74, 6) is 0. The summed E-state index contributed by atoms with van der Waals surface area (Å²) < 4.78 is 20.4. The average Bonchev–Trinajstić information content (AvgIpc) is 2.96. The standard InChI is InChI=1S/C35H76NO3Si.ClH/c1-7-12-14-16-18-20-22-24-26-29-36(6,30-27-25-23-21-19-17-15-13-8-2)31-28-35-40(37-32-9-3,38-33-10-4)39-34-11-5;/h7-35H2,1-6H3;1H/q+1;/p-1. The molecule has 4 nitrogen and oxygen atoms in total. The van der Waals surface area contributed by atoms with Gasteiger partial charge in [-0.1, -0.05) is 125 Å². The van der Waals surface area contributed by atoms with E-state index >= 15 is 0 Å². The van der Waals surface area contributed by atoms with Gasteiger partial charge in [-0.15, -0.1) is 0 Å². The van der Waals surface area contributed by atoms with Gasteiger partial charge in [0.25, 0.3) is 0 Å². The molecule has 0 aromatic heterocycles. The molecule has 0 heterocycles. The number of rotatable bonds is 33. The molecule has 0 saturated carbocycles. The van der Waals surface area contributed by atoms with Gasteiger partial charge < -0.3 is 30.2 Å². The molecule has 6 heteroatoms. The molecule has 0 aromatic carbocycles. The molecule has 0 amide bonds. The van der Waals surface area contributed by atoms with Crippen LogP contribution in [0, 0.1) is 0 Å². The highest BCUT2D eigenvalue weighted by atomic mass is 35.5. The van der Waals surface area contributed by atoms with Crippen molar-refractivity contribution in [3.63, 3.8) is 0 Å². The van der Waals surface area contributed by atoms with Gasteiger partial charge in [0, 0.05) is 32.3 Å². The number of hydrogen-bond donors (Lipinski definition) is 0. The van der Waals surface area contributed by atoms with E-state index in [1.54, 1.807) is 0 Å². The van der Waals surface area contributed by atoms with Crippen LogP contribution in [0.25, 0.3) is 0 Å². The molecular weight excluding hydrogens is 546 g/mol. The Morgan fingerprint density at radius 3 is 1.00 bits per heavy atom. The largest absolute Gasteiger partial charge is 1.00 e. The molecule has 0 aliphatic rings. The van der Waals surface area contributed by atoms with Crippen LogP contribution in [-0.2, 0) is 13.3 Å². The summed E-state index contributed by atoms with van der Waals surface area (Å²) in [6.07, 6.45) is 29.6. The van der Waals surface area contributed by atoms with Gasteiger partial charge in [0.1, 0.15) is 0 Å². The van der Waals surface area contributed by atoms with Crippen LogP contribution in [-0.4, -0.2) is 59.8 Å². The second-order valence-corrected chi connectivity index (χ2v) is 15.5. The van der Waals surface area contributed by atoms with E-state index in [9.17, 15) is 0 Å². The summed E-state index contributed by atoms with van der Waals surface area (Å²) in [5, 5.41) is 0. The average molecular weight is 623 g/mol. The lowest BCUT2D eigenvalue weighted by Crippen LogP contribution is -3.00. The molecule has 0 saturated heterocycles. The first-order chi connectivity index (χ1) is 19.5. The van der Waals surface area contributed by atoms with Crippen LogP contribution in [0.4, 0.5) is 0 Å². The Morgan fingerprint density at radius 2 is 0.683 bits per heavy atom. The van der Waals surface area contributed by atoms with Crippen LogP contribution >= 0.6 is 0 Å². The Hall–Kier alpha value is 0.347. The van der Waals surface area contributed by atoms with Gasteiger partial charge in [0.15, 0.2) is 0 Å². The second kappa shape index (κ2) is 31.8. The molecular formula is C35H76ClNO3Si. The fraction of sp³-hybridized carbons (Fsp3) is 1.00. The van der Waals surface area contributed by atoms with E-state index < -0.39 is 8.80 Å². The molecule has 0 bridgehead atoms. The smallest absolute Gasteiger partial charge is 0.501 e. The van der Waals surface area contributed by atoms with Crippen molar-refractivity contribution in [3.05, 3.63) is 0 Å². The van der Waals surface area contributed by atoms with E-state index in [4.69, 9.17) is 13.3 Å². The lowest BCUT2D eigenvalue weighted by atomic mass is 10.1. The molecule has 0 radical (unpaired) electrons. The van der Waals surface area contributed by atoms with Crippen LogP contribution < -0.4 is 12.4 Å². The van der Waals surface area contributed by atoms with Crippen molar-refractivity contribution >= 4 is 8.80 Å². The van der Waals surface area contributed by atoms with Crippen LogP contribution in [0.1, 0.15) is 176 Å². The Kier molecular flexibility index (Phi) is 33.7. The van der Waals surface area contributed by atoms with Crippen molar-refractivity contribution in [2.75, 3.05) is 46.5 Å². The molecule has 0 aromatic rings. The maximum absolute atomic E-state index is 6.41. The van der Waals surface area contributed by atoms with Gasteiger partial charge in [-0.3, -0.25) is 0 Å². The molecule has 0 fully saturated rings. The normalized spacial score (nSPS) is 12.1. The molecule has 0 N–H and O–H groups in total. The first-order valence-electron chi connectivity index (χ1n) is 18.3. The number of unbranched alkanes of at least 4 members (excludes halogenated alkanes) is 16. The SMILES string of the molecule is CCCCCCCCCCC[N+](C)(CCCCCCCCCCC)CCC[Si](OCCC)(OCCC)OCCC.[Cl-]. The Labute approximate surface area is 266 Å². The van der Waals surface area contributed by atoms with Crippen molar-refractivity contribution in [1.82, 2.24) is 0 Å². The molecule has 0 unspecified atom stereocenters. The number of halogens is 1. The van der Waals surface area contributed by atoms with Crippen LogP contribution in [0.2, 0.25) is 6.04 Å². The first-order valence-corrected chi connectivity index (χ1v) is 20.2. The zero-order valence-electron chi connectivity index (χ0n) is 29.1. The molecule has 0 aliphatic carbocycles. The van der Waals surface area contributed by atoms with Crippen molar-refractivity contribution < 1.29 is 30.2 Å². The maximum Gasteiger partial charge on any atom is 0.501 e. The van der Waals surface area contributed by atoms with Crippen molar-refractivity contribution in [1.29, 1.82) is 0 Å². The summed E-state index contributed by atoms with van der Waals surface area (Å²) >= 11 is 0. The Bertz CT molecular complexity index is 468. The van der Waals surface area contributed by atoms with Gasteiger partial charge in [0.05, 0.1) is 26.7 Å². The molecule has 0 aliphatic heterocycles. The van der Waals surface area contributed by atoms with Gasteiger partial charge in [-0.25, -0.2) is 0 Å². The van der Waals surface area contributed by atoms with E-state index in [0.29, 0.717) is 0 Å². The van der Waals surface area contributed by atoms with E-state index in [2.05, 4.69) is 41.7 Å². The summed E-state index contributed by atoms with van der Waals surface area (Å²) in [5.41, 5.74) is 0. The fourth-order valence-corrected chi connectivity index (χ4v) is 8.55. The van der Waals surface area contributed by atoms with Gasteiger partial charge in [-0.2, -0.15) is 0 Å². The molecule has 250 valence electrons. The first kappa shape index (κ1) is 43.5. The minimum atomic E-state index is -2.59. The number of quaternary nitrogens is 1. The van der Waals surface area contributed by atoms with Gasteiger partial charge in [0.2, 0.25) is 0 Å². The van der Waals surface area contributed by atoms with Gasteiger partial charge in [-0.05, 0) is 44.9 Å². The van der Waals surface area contributed by atoms with Crippen LogP contribution in [0.5, 0.6) is 0 Å². The lowest BCUT2D eigenvalue weighted by Gasteiger charge is -2.36. The van der Waals surface area contributed by atoms with Crippen LogP contribution in [0.3, 0.4) is 0 Å². The van der Waals surface area contributed by atoms with Crippen molar-refractivity contribution in [3.8, 4) is 0 Å². The fourth-order valence-electron chi connectivity index (χ4n) is 5.74. The molecule has 0 spiro atoms. The van der Waals surface area contributed by atoms with Crippen molar-refractivity contribution in [2.45, 2.75) is 182 Å². The van der Waals surface area contributed by atoms with E-state index in [1.165, 1.54) is 140 Å². The van der Waals surface area contributed by atoms with Crippen LogP contribution in [0.15, 0.2) is 0 Å². The minimum absolute atomic E-state index is 0. The molecule has 41 heavy (non-hydrogen) atoms. The zero-order valence-corrected chi connectivity index (χ0v) is 30.8. The van der Waals surface area contributed by atoms with E-state index in [1.807, 2.05) is 0 Å². The summed E-state index contributed by atoms with van der Waals surface area (Å²) in [4.78, 5) is 0. The summed E-state index contributed by atoms with van der Waals surface area (Å²) in [7, 11) is -0.0609. The molecule has 0 rings (SSSR count). The number of nitrogens with zero attached hydrogens (tertiary/aromatic N) is 1. The second-order valence-electron chi connectivity index (χ2n) is 12.8. The van der Waals surface area contributed by atoms with E-state index in [-0.39, 0.29) is 12.4 Å². The molecule has 0 atom stereocenters. The third-order valence-corrected chi connectivity index (χ3v) is 11.3. The Morgan fingerprint density at radius 1 is 0.390 bits per heavy atom. The number of hydrogen-bond acceptors (Lipinski definition) is 3. The predicted octanol–water partition coefficient (Wildman–Crippen LogP) is 8.11. The third kappa shape index (κ3) is 26.5. The summed E-state index contributed by atoms with van der Waals surface area (Å²) in [6.45, 7) is 17.3. The topological polar surface area (TPSA) is 27.7 Å². The lowest BCUT2D eigenvalue weighted by molar-refractivity contribution is -0.910.